The minimum Gasteiger partial charge on any atom is -0.444 e. The Kier molecular flexibility index (Phi) is 14.3. The number of oxazole rings is 1. The van der Waals surface area contributed by atoms with E-state index < -0.39 is 30.6 Å². The van der Waals surface area contributed by atoms with Gasteiger partial charge in [0.15, 0.2) is 17.2 Å². The van der Waals surface area contributed by atoms with Gasteiger partial charge in [-0.05, 0) is 55.5 Å². The molecule has 6 rings (SSSR count). The fourth-order valence-corrected chi connectivity index (χ4v) is 6.50. The summed E-state index contributed by atoms with van der Waals surface area (Å²) in [5, 5.41) is 11.3. The Labute approximate surface area is 340 Å². The van der Waals surface area contributed by atoms with Gasteiger partial charge in [0.05, 0.1) is 43.1 Å². The number of alkyl halides is 3. The number of piperidine rings is 1. The number of imidazole rings is 1. The van der Waals surface area contributed by atoms with E-state index in [-0.39, 0.29) is 65.4 Å². The molecule has 1 atom stereocenters. The number of nitrogens with one attached hydrogen (secondary N) is 3. The summed E-state index contributed by atoms with van der Waals surface area (Å²) >= 11 is 0. The molecule has 1 fully saturated rings. The Balaban J connectivity index is 0.835. The summed E-state index contributed by atoms with van der Waals surface area (Å²) in [4.78, 5) is 70.9. The zero-order chi connectivity index (χ0) is 42.8. The Bertz CT molecular complexity index is 2380. The van der Waals surface area contributed by atoms with E-state index in [0.29, 0.717) is 62.7 Å². The van der Waals surface area contributed by atoms with Gasteiger partial charge in [0.1, 0.15) is 24.7 Å². The summed E-state index contributed by atoms with van der Waals surface area (Å²) in [5.74, 6) is -1.87. The smallest absolute Gasteiger partial charge is 0.405 e. The van der Waals surface area contributed by atoms with Gasteiger partial charge in [-0.1, -0.05) is 6.07 Å². The molecular formula is C39H44F3N9O9. The maximum absolute atomic E-state index is 13.0. The number of halogens is 3. The molecule has 1 aliphatic rings. The minimum absolute atomic E-state index is 0.0166. The molecule has 1 unspecified atom stereocenters. The van der Waals surface area contributed by atoms with Gasteiger partial charge in [-0.15, -0.1) is 0 Å². The third-order valence-corrected chi connectivity index (χ3v) is 9.42. The number of nitrogens with zero attached hydrogens (tertiary/aromatic N) is 6. The first-order valence-corrected chi connectivity index (χ1v) is 19.1. The van der Waals surface area contributed by atoms with E-state index in [1.807, 2.05) is 18.2 Å². The lowest BCUT2D eigenvalue weighted by molar-refractivity contribution is -0.135. The zero-order valence-electron chi connectivity index (χ0n) is 32.9. The maximum atomic E-state index is 13.0. The number of carbonyl (C=O) groups is 4. The minimum atomic E-state index is -4.43. The lowest BCUT2D eigenvalue weighted by Crippen LogP contribution is -2.44. The lowest BCUT2D eigenvalue weighted by Gasteiger charge is -2.21. The largest absolute Gasteiger partial charge is 0.444 e. The highest BCUT2D eigenvalue weighted by Crippen LogP contribution is 2.25. The Morgan fingerprint density at radius 3 is 2.43 bits per heavy atom. The molecule has 18 nitrogen and oxygen atoms in total. The number of hydrogen-bond donors (Lipinski definition) is 3. The van der Waals surface area contributed by atoms with Crippen LogP contribution in [0.3, 0.4) is 0 Å². The molecule has 320 valence electrons. The van der Waals surface area contributed by atoms with E-state index >= 15 is 0 Å². The van der Waals surface area contributed by atoms with Crippen molar-refractivity contribution in [3.05, 3.63) is 76.4 Å². The third kappa shape index (κ3) is 11.3. The number of hydrogen-bond acceptors (Lipinski definition) is 13. The van der Waals surface area contributed by atoms with Gasteiger partial charge in [-0.2, -0.15) is 18.3 Å². The van der Waals surface area contributed by atoms with Gasteiger partial charge in [-0.25, -0.2) is 14.8 Å². The lowest BCUT2D eigenvalue weighted by atomic mass is 10.1. The van der Waals surface area contributed by atoms with Gasteiger partial charge < -0.3 is 29.3 Å². The second kappa shape index (κ2) is 19.7. The van der Waals surface area contributed by atoms with Crippen molar-refractivity contribution in [3.8, 4) is 11.5 Å². The number of rotatable bonds is 21. The number of anilines is 2. The zero-order valence-corrected chi connectivity index (χ0v) is 32.9. The first kappa shape index (κ1) is 43.4. The van der Waals surface area contributed by atoms with Gasteiger partial charge in [0, 0.05) is 58.1 Å². The summed E-state index contributed by atoms with van der Waals surface area (Å²) in [6.07, 6.45) is 1.85. The number of benzene rings is 1. The van der Waals surface area contributed by atoms with E-state index in [1.165, 1.54) is 38.3 Å². The van der Waals surface area contributed by atoms with Crippen LogP contribution in [0.5, 0.6) is 0 Å². The molecular weight excluding hydrogens is 795 g/mol. The van der Waals surface area contributed by atoms with Crippen molar-refractivity contribution in [2.75, 3.05) is 56.8 Å². The molecule has 0 aliphatic carbocycles. The van der Waals surface area contributed by atoms with Crippen LogP contribution in [0.4, 0.5) is 24.7 Å². The number of amides is 3. The Morgan fingerprint density at radius 2 is 1.70 bits per heavy atom. The van der Waals surface area contributed by atoms with Crippen molar-refractivity contribution in [3.63, 3.8) is 0 Å². The van der Waals surface area contributed by atoms with Crippen LogP contribution in [-0.2, 0) is 44.3 Å². The van der Waals surface area contributed by atoms with Crippen LogP contribution in [0.2, 0.25) is 0 Å². The quantitative estimate of drug-likeness (QED) is 0.0543. The Morgan fingerprint density at radius 1 is 0.967 bits per heavy atom. The second-order valence-corrected chi connectivity index (χ2v) is 13.9. The molecule has 3 N–H and O–H groups in total. The number of pyridine rings is 1. The van der Waals surface area contributed by atoms with Crippen molar-refractivity contribution in [1.29, 1.82) is 0 Å². The standard InChI is InChI=1S/C39H44F3N9O9/c1-49-21-26(45-35(54)27-22-60-37(46-27)25-11-12-43-32(20-25)44-23-39(40,41)42)34(48-49)31(52)6-4-14-58-16-18-59-17-15-57-13-3-5-24-7-8-28-30(19-24)50(2)38(56)51(28)29-9-10-33(53)47-36(29)55/h7-8,11-12,19-22,29H,3-6,9-10,13-18,23H2,1-2H3,(H,43,44)(H,45,54)(H,47,53,55). The molecule has 1 aliphatic heterocycles. The van der Waals surface area contributed by atoms with E-state index in [2.05, 4.69) is 31.0 Å². The highest BCUT2D eigenvalue weighted by atomic mass is 19.4. The van der Waals surface area contributed by atoms with Crippen LogP contribution in [0.1, 0.15) is 64.7 Å². The molecule has 0 saturated carbocycles. The van der Waals surface area contributed by atoms with E-state index in [9.17, 15) is 37.1 Å². The molecule has 0 radical (unpaired) electrons. The summed E-state index contributed by atoms with van der Waals surface area (Å²) in [7, 11) is 3.26. The van der Waals surface area contributed by atoms with Crippen LogP contribution >= 0.6 is 0 Å². The first-order valence-electron chi connectivity index (χ1n) is 19.1. The monoisotopic (exact) mass is 839 g/mol. The van der Waals surface area contributed by atoms with Gasteiger partial charge >= 0.3 is 11.9 Å². The van der Waals surface area contributed by atoms with Gasteiger partial charge in [-0.3, -0.25) is 38.3 Å². The summed E-state index contributed by atoms with van der Waals surface area (Å²) in [6.45, 7) is 0.963. The van der Waals surface area contributed by atoms with Crippen molar-refractivity contribution in [2.45, 2.75) is 50.7 Å². The maximum Gasteiger partial charge on any atom is 0.405 e. The Hall–Kier alpha value is -6.19. The molecule has 1 saturated heterocycles. The molecule has 5 heterocycles. The van der Waals surface area contributed by atoms with Crippen LogP contribution in [0.15, 0.2) is 58.2 Å². The van der Waals surface area contributed by atoms with Crippen LogP contribution in [0, 0.1) is 0 Å². The highest BCUT2D eigenvalue weighted by Gasteiger charge is 2.31. The molecule has 5 aromatic rings. The van der Waals surface area contributed by atoms with Crippen LogP contribution in [-0.4, -0.2) is 105 Å². The predicted octanol–water partition coefficient (Wildman–Crippen LogP) is 3.97. The molecule has 3 amide bonds. The third-order valence-electron chi connectivity index (χ3n) is 9.42. The normalized spacial score (nSPS) is 14.4. The van der Waals surface area contributed by atoms with E-state index in [1.54, 1.807) is 14.1 Å². The van der Waals surface area contributed by atoms with Crippen molar-refractivity contribution < 1.29 is 51.0 Å². The SMILES string of the molecule is Cn1cc(NC(=O)c2coc(-c3ccnc(NCC(F)(F)F)c3)n2)c(C(=O)CCCOCCOCCOCCCc2ccc3c(c2)n(C)c(=O)n3C2CCC(=O)NC2=O)n1. The number of ether oxygens (including phenoxy) is 3. The molecule has 4 aromatic heterocycles. The average Bonchev–Trinajstić information content (AvgIpc) is 3.92. The van der Waals surface area contributed by atoms with E-state index in [0.717, 1.165) is 24.7 Å². The number of Topliss-reactive ketones (excluding diaryl/α,β-unsaturated/α-hetero) is 1. The van der Waals surface area contributed by atoms with Crippen LogP contribution in [0.25, 0.3) is 22.5 Å². The summed E-state index contributed by atoms with van der Waals surface area (Å²) in [6, 6.07) is 7.74. The first-order chi connectivity index (χ1) is 28.8. The fraction of sp³-hybridized carbons (Fsp3) is 0.436. The topological polar surface area (TPSA) is 216 Å². The molecule has 60 heavy (non-hydrogen) atoms. The van der Waals surface area contributed by atoms with Crippen molar-refractivity contribution in [2.24, 2.45) is 14.1 Å². The van der Waals surface area contributed by atoms with Crippen LogP contribution < -0.4 is 21.6 Å². The molecule has 0 bridgehead atoms. The number of fused-ring (bicyclic) bond motifs is 1. The van der Waals surface area contributed by atoms with Gasteiger partial charge in [0.25, 0.3) is 5.91 Å². The van der Waals surface area contributed by atoms with Crippen molar-refractivity contribution in [1.82, 2.24) is 34.2 Å². The molecule has 0 spiro atoms. The average molecular weight is 840 g/mol. The molecule has 1 aromatic carbocycles. The second-order valence-electron chi connectivity index (χ2n) is 13.9. The van der Waals surface area contributed by atoms with Gasteiger partial charge in [0.2, 0.25) is 17.7 Å². The highest BCUT2D eigenvalue weighted by molar-refractivity contribution is 6.08. The number of imide groups is 1. The summed E-state index contributed by atoms with van der Waals surface area (Å²) in [5.41, 5.74) is 2.47. The molecule has 21 heteroatoms. The summed E-state index contributed by atoms with van der Waals surface area (Å²) < 4.78 is 64.3. The van der Waals surface area contributed by atoms with E-state index in [4.69, 9.17) is 18.6 Å². The predicted molar refractivity (Wildman–Crippen MR) is 208 cm³/mol. The van der Waals surface area contributed by atoms with Crippen molar-refractivity contribution >= 4 is 46.0 Å². The number of aromatic nitrogens is 6. The number of aryl methyl sites for hydroxylation is 3. The number of carbonyl (C=O) groups excluding carboxylic acids is 4. The fourth-order valence-electron chi connectivity index (χ4n) is 6.50. The number of ketones is 1.